The molecule has 0 bridgehead atoms. The molecule has 0 saturated carbocycles. The Morgan fingerprint density at radius 2 is 1.78 bits per heavy atom. The van der Waals surface area contributed by atoms with E-state index in [0.29, 0.717) is 22.0 Å². The highest BCUT2D eigenvalue weighted by Crippen LogP contribution is 2.37. The lowest BCUT2D eigenvalue weighted by molar-refractivity contribution is -0.119. The first-order valence-electron chi connectivity index (χ1n) is 11.3. The zero-order valence-corrected chi connectivity index (χ0v) is 21.2. The maximum atomic E-state index is 15.4. The van der Waals surface area contributed by atoms with E-state index >= 15 is 4.39 Å². The summed E-state index contributed by atoms with van der Waals surface area (Å²) in [5, 5.41) is 8.71. The quantitative estimate of drug-likeness (QED) is 0.418. The van der Waals surface area contributed by atoms with Gasteiger partial charge in [0.2, 0.25) is 5.91 Å². The third-order valence-corrected chi connectivity index (χ3v) is 8.10. The maximum absolute atomic E-state index is 15.4. The normalized spacial score (nSPS) is 16.8. The molecule has 1 aliphatic heterocycles. The zero-order chi connectivity index (χ0) is 26.3. The molecule has 11 heteroatoms. The second kappa shape index (κ2) is 9.62. The number of aryl methyl sites for hydroxylation is 1. The van der Waals surface area contributed by atoms with Gasteiger partial charge in [-0.1, -0.05) is 54.1 Å². The van der Waals surface area contributed by atoms with Gasteiger partial charge in [-0.2, -0.15) is 5.10 Å². The summed E-state index contributed by atoms with van der Waals surface area (Å²) < 4.78 is 41.6. The number of sulfone groups is 1. The summed E-state index contributed by atoms with van der Waals surface area (Å²) in [5.74, 6) is -2.16. The lowest BCUT2D eigenvalue weighted by atomic mass is 10.1. The molecule has 5 rings (SSSR count). The highest BCUT2D eigenvalue weighted by molar-refractivity contribution is 7.91. The van der Waals surface area contributed by atoms with Crippen molar-refractivity contribution in [3.05, 3.63) is 88.8 Å². The van der Waals surface area contributed by atoms with Gasteiger partial charge < -0.3 is 10.6 Å². The lowest BCUT2D eigenvalue weighted by Gasteiger charge is -2.25. The molecule has 0 unspecified atom stereocenters. The standard InChI is InChI=1S/C26H21ClFN5O3S/c1-15-24(17-5-3-2-4-6-17)30-25(32-31-15)19-11-22-23(12-20(19)28)37(35,36)14-21(29)26(34)33(22)13-16-7-9-18(27)10-8-16/h2-12,21H,13-14,29H2,1H3/t21-/m0/s1. The number of fused-ring (bicyclic) bond motifs is 1. The number of carbonyl (C=O) groups excluding carboxylic acids is 1. The summed E-state index contributed by atoms with van der Waals surface area (Å²) in [6.07, 6.45) is 0. The van der Waals surface area contributed by atoms with E-state index < -0.39 is 33.4 Å². The number of hydrogen-bond acceptors (Lipinski definition) is 7. The van der Waals surface area contributed by atoms with Gasteiger partial charge >= 0.3 is 0 Å². The minimum absolute atomic E-state index is 0.000432. The fourth-order valence-electron chi connectivity index (χ4n) is 4.19. The third kappa shape index (κ3) is 4.83. The summed E-state index contributed by atoms with van der Waals surface area (Å²) in [6, 6.07) is 16.8. The molecule has 3 aromatic carbocycles. The number of amides is 1. The van der Waals surface area contributed by atoms with Crippen LogP contribution in [0.15, 0.2) is 71.6 Å². The van der Waals surface area contributed by atoms with Gasteiger partial charge in [0.05, 0.1) is 45.9 Å². The molecule has 2 N–H and O–H groups in total. The Kier molecular flexibility index (Phi) is 6.49. The Labute approximate surface area is 217 Å². The van der Waals surface area contributed by atoms with Gasteiger partial charge in [0.25, 0.3) is 0 Å². The van der Waals surface area contributed by atoms with Crippen molar-refractivity contribution in [2.24, 2.45) is 5.73 Å². The van der Waals surface area contributed by atoms with Crippen LogP contribution in [-0.4, -0.2) is 41.3 Å². The van der Waals surface area contributed by atoms with Crippen molar-refractivity contribution in [1.29, 1.82) is 0 Å². The highest BCUT2D eigenvalue weighted by Gasteiger charge is 2.37. The highest BCUT2D eigenvalue weighted by atomic mass is 35.5. The van der Waals surface area contributed by atoms with Gasteiger partial charge in [0, 0.05) is 10.6 Å². The second-order valence-corrected chi connectivity index (χ2v) is 11.1. The number of carbonyl (C=O) groups is 1. The molecule has 4 aromatic rings. The van der Waals surface area contributed by atoms with Crippen LogP contribution in [0.25, 0.3) is 22.6 Å². The molecule has 8 nitrogen and oxygen atoms in total. The van der Waals surface area contributed by atoms with Crippen LogP contribution in [0.3, 0.4) is 0 Å². The second-order valence-electron chi connectivity index (χ2n) is 8.67. The van der Waals surface area contributed by atoms with E-state index in [1.54, 1.807) is 31.2 Å². The number of nitrogens with two attached hydrogens (primary N) is 1. The number of anilines is 1. The maximum Gasteiger partial charge on any atom is 0.245 e. The molecule has 1 atom stereocenters. The fourth-order valence-corrected chi connectivity index (χ4v) is 5.88. The number of halogens is 2. The van der Waals surface area contributed by atoms with Crippen molar-refractivity contribution in [2.45, 2.75) is 24.4 Å². The van der Waals surface area contributed by atoms with Crippen molar-refractivity contribution in [3.8, 4) is 22.6 Å². The Morgan fingerprint density at radius 3 is 2.49 bits per heavy atom. The van der Waals surface area contributed by atoms with E-state index in [-0.39, 0.29) is 28.5 Å². The van der Waals surface area contributed by atoms with Crippen molar-refractivity contribution in [2.75, 3.05) is 10.7 Å². The number of hydrogen-bond donors (Lipinski definition) is 1. The summed E-state index contributed by atoms with van der Waals surface area (Å²) in [5.41, 5.74) is 8.36. The number of nitrogens with zero attached hydrogens (tertiary/aromatic N) is 4. The molecule has 0 radical (unpaired) electrons. The summed E-state index contributed by atoms with van der Waals surface area (Å²) in [6.45, 7) is 1.74. The average molecular weight is 538 g/mol. The first-order chi connectivity index (χ1) is 17.6. The van der Waals surface area contributed by atoms with Gasteiger partial charge in [-0.25, -0.2) is 17.8 Å². The Hall–Kier alpha value is -3.73. The molecule has 37 heavy (non-hydrogen) atoms. The molecular formula is C26H21ClFN5O3S. The minimum Gasteiger partial charge on any atom is -0.319 e. The third-order valence-electron chi connectivity index (χ3n) is 6.05. The van der Waals surface area contributed by atoms with Gasteiger partial charge in [0.1, 0.15) is 5.82 Å². The van der Waals surface area contributed by atoms with E-state index in [2.05, 4.69) is 15.2 Å². The van der Waals surface area contributed by atoms with Crippen LogP contribution in [0.2, 0.25) is 5.02 Å². The van der Waals surface area contributed by atoms with Crippen LogP contribution in [0.1, 0.15) is 11.3 Å². The van der Waals surface area contributed by atoms with E-state index in [1.807, 2.05) is 30.3 Å². The Balaban J connectivity index is 1.69. The SMILES string of the molecule is Cc1nnc(-c2cc3c(cc2F)S(=O)(=O)C[C@H](N)C(=O)N3Cc2ccc(Cl)cc2)nc1-c1ccccc1. The Bertz CT molecular complexity index is 1620. The van der Waals surface area contributed by atoms with E-state index in [0.717, 1.165) is 11.6 Å². The van der Waals surface area contributed by atoms with Crippen LogP contribution in [-0.2, 0) is 21.2 Å². The summed E-state index contributed by atoms with van der Waals surface area (Å²) >= 11 is 5.98. The van der Waals surface area contributed by atoms with Gasteiger partial charge in [-0.15, -0.1) is 5.10 Å². The molecule has 0 aliphatic carbocycles. The molecule has 1 amide bonds. The fraction of sp³-hybridized carbons (Fsp3) is 0.154. The number of rotatable bonds is 4. The van der Waals surface area contributed by atoms with Crippen LogP contribution in [0.4, 0.5) is 10.1 Å². The first-order valence-corrected chi connectivity index (χ1v) is 13.3. The smallest absolute Gasteiger partial charge is 0.245 e. The van der Waals surface area contributed by atoms with Crippen LogP contribution in [0.5, 0.6) is 0 Å². The molecule has 1 aromatic heterocycles. The van der Waals surface area contributed by atoms with Crippen molar-refractivity contribution >= 4 is 33.0 Å². The van der Waals surface area contributed by atoms with Crippen molar-refractivity contribution < 1.29 is 17.6 Å². The predicted molar refractivity (Wildman–Crippen MR) is 138 cm³/mol. The molecule has 0 saturated heterocycles. The van der Waals surface area contributed by atoms with Crippen LogP contribution in [0, 0.1) is 12.7 Å². The van der Waals surface area contributed by atoms with Gasteiger partial charge in [-0.3, -0.25) is 4.79 Å². The first kappa shape index (κ1) is 24.9. The number of aromatic nitrogens is 3. The molecular weight excluding hydrogens is 517 g/mol. The van der Waals surface area contributed by atoms with E-state index in [1.165, 1.54) is 11.0 Å². The van der Waals surface area contributed by atoms with E-state index in [9.17, 15) is 13.2 Å². The summed E-state index contributed by atoms with van der Waals surface area (Å²) in [7, 11) is -4.08. The van der Waals surface area contributed by atoms with Gasteiger partial charge in [0.15, 0.2) is 15.7 Å². The molecule has 2 heterocycles. The van der Waals surface area contributed by atoms with Gasteiger partial charge in [-0.05, 0) is 36.8 Å². The largest absolute Gasteiger partial charge is 0.319 e. The topological polar surface area (TPSA) is 119 Å². The molecule has 188 valence electrons. The van der Waals surface area contributed by atoms with Crippen molar-refractivity contribution in [3.63, 3.8) is 0 Å². The van der Waals surface area contributed by atoms with E-state index in [4.69, 9.17) is 17.3 Å². The molecule has 1 aliphatic rings. The molecule has 0 spiro atoms. The van der Waals surface area contributed by atoms with Crippen molar-refractivity contribution in [1.82, 2.24) is 15.2 Å². The molecule has 0 fully saturated rings. The lowest BCUT2D eigenvalue weighted by Crippen LogP contribution is -2.45. The average Bonchev–Trinajstić information content (AvgIpc) is 2.94. The number of benzene rings is 3. The predicted octanol–water partition coefficient (Wildman–Crippen LogP) is 3.95. The summed E-state index contributed by atoms with van der Waals surface area (Å²) in [4.78, 5) is 18.7. The zero-order valence-electron chi connectivity index (χ0n) is 19.6. The monoisotopic (exact) mass is 537 g/mol. The van der Waals surface area contributed by atoms with Crippen LogP contribution >= 0.6 is 11.6 Å². The minimum atomic E-state index is -4.08. The Morgan fingerprint density at radius 1 is 1.08 bits per heavy atom. The van der Waals surface area contributed by atoms with Crippen LogP contribution < -0.4 is 10.6 Å².